The molecule has 1 aliphatic rings. The van der Waals surface area contributed by atoms with Gasteiger partial charge in [0, 0.05) is 31.1 Å². The highest BCUT2D eigenvalue weighted by Crippen LogP contribution is 2.25. The van der Waals surface area contributed by atoms with Gasteiger partial charge in [0.25, 0.3) is 0 Å². The molecule has 11 nitrogen and oxygen atoms in total. The zero-order chi connectivity index (χ0) is 35.2. The molecule has 1 aromatic heterocycles. The average Bonchev–Trinajstić information content (AvgIpc) is 3.55. The number of hydrogen-bond donors (Lipinski definition) is 2. The number of amides is 3. The van der Waals surface area contributed by atoms with Crippen LogP contribution >= 0.6 is 11.3 Å². The minimum absolute atomic E-state index is 0.0289. The number of aromatic nitrogens is 1. The number of carbonyl (C=O) groups is 2. The second-order valence-corrected chi connectivity index (χ2v) is 16.4. The standard InChI is InChI=1S/C35H49N5O6S2/c1-23(2)20-39(48(44,45)29-15-13-28(46-7)14-16-29)22-32(41)30(19-27-11-9-8-10-12-27)37-34(42)33(24(3)4)40-18-17-38(35(40)43)21-31-25(5)47-26(6)36-31/h8-16,23-24,30,32-33,41H,17-22H2,1-7H3,(H,37,42)/t30-,32+,33?/m0/s1. The first kappa shape index (κ1) is 37.3. The fraction of sp³-hybridized carbons (Fsp3) is 0.514. The molecule has 48 heavy (non-hydrogen) atoms. The SMILES string of the molecule is COc1ccc(S(=O)(=O)N(CC(C)C)C[C@@H](O)[C@H](Cc2ccccc2)NC(=O)C(C(C)C)N2CCN(Cc3nc(C)sc3C)C2=O)cc1. The summed E-state index contributed by atoms with van der Waals surface area (Å²) >= 11 is 1.59. The Bertz CT molecular complexity index is 1630. The number of urea groups is 1. The average molecular weight is 700 g/mol. The quantitative estimate of drug-likeness (QED) is 0.226. The first-order chi connectivity index (χ1) is 22.7. The number of carbonyl (C=O) groups excluding carboxylic acids is 2. The van der Waals surface area contributed by atoms with E-state index in [9.17, 15) is 23.1 Å². The van der Waals surface area contributed by atoms with Crippen LogP contribution < -0.4 is 10.1 Å². The Morgan fingerprint density at radius 3 is 2.27 bits per heavy atom. The zero-order valence-electron chi connectivity index (χ0n) is 28.9. The van der Waals surface area contributed by atoms with E-state index in [1.54, 1.807) is 33.3 Å². The van der Waals surface area contributed by atoms with Crippen molar-refractivity contribution in [2.75, 3.05) is 33.3 Å². The maximum absolute atomic E-state index is 14.1. The van der Waals surface area contributed by atoms with E-state index < -0.39 is 34.1 Å². The molecule has 1 fully saturated rings. The van der Waals surface area contributed by atoms with E-state index in [0.717, 1.165) is 21.1 Å². The van der Waals surface area contributed by atoms with Crippen LogP contribution in [0.4, 0.5) is 4.79 Å². The van der Waals surface area contributed by atoms with Gasteiger partial charge in [0.2, 0.25) is 15.9 Å². The van der Waals surface area contributed by atoms with Gasteiger partial charge in [0.1, 0.15) is 11.8 Å². The number of methoxy groups -OCH3 is 1. The number of aliphatic hydroxyl groups excluding tert-OH is 1. The Hall–Kier alpha value is -3.52. The highest BCUT2D eigenvalue weighted by Gasteiger charge is 2.41. The summed E-state index contributed by atoms with van der Waals surface area (Å²) in [4.78, 5) is 36.8. The molecule has 2 N–H and O–H groups in total. The third-order valence-corrected chi connectivity index (χ3v) is 11.2. The second kappa shape index (κ2) is 16.3. The van der Waals surface area contributed by atoms with Crippen molar-refractivity contribution < 1.29 is 27.9 Å². The highest BCUT2D eigenvalue weighted by molar-refractivity contribution is 7.89. The smallest absolute Gasteiger partial charge is 0.321 e. The van der Waals surface area contributed by atoms with Crippen molar-refractivity contribution in [3.8, 4) is 5.75 Å². The number of benzene rings is 2. The van der Waals surface area contributed by atoms with Crippen molar-refractivity contribution in [1.29, 1.82) is 0 Å². The lowest BCUT2D eigenvalue weighted by atomic mass is 9.97. The van der Waals surface area contributed by atoms with E-state index >= 15 is 0 Å². The van der Waals surface area contributed by atoms with Crippen LogP contribution in [-0.2, 0) is 27.8 Å². The molecule has 2 aromatic carbocycles. The molecule has 0 saturated carbocycles. The molecular formula is C35H49N5O6S2. The molecule has 3 amide bonds. The van der Waals surface area contributed by atoms with Crippen molar-refractivity contribution in [3.63, 3.8) is 0 Å². The molecule has 1 unspecified atom stereocenters. The van der Waals surface area contributed by atoms with Gasteiger partial charge in [0.05, 0.1) is 41.4 Å². The van der Waals surface area contributed by atoms with E-state index in [1.165, 1.54) is 23.5 Å². The van der Waals surface area contributed by atoms with Gasteiger partial charge in [-0.25, -0.2) is 18.2 Å². The molecule has 1 aliphatic heterocycles. The van der Waals surface area contributed by atoms with Gasteiger partial charge in [-0.3, -0.25) is 4.79 Å². The minimum atomic E-state index is -3.99. The summed E-state index contributed by atoms with van der Waals surface area (Å²) in [7, 11) is -2.48. The first-order valence-electron chi connectivity index (χ1n) is 16.4. The maximum atomic E-state index is 14.1. The van der Waals surface area contributed by atoms with Crippen LogP contribution in [0.5, 0.6) is 5.75 Å². The lowest BCUT2D eigenvalue weighted by Gasteiger charge is -2.34. The van der Waals surface area contributed by atoms with E-state index in [-0.39, 0.29) is 42.3 Å². The number of thiazole rings is 1. The van der Waals surface area contributed by atoms with Crippen LogP contribution in [0.15, 0.2) is 59.5 Å². The maximum Gasteiger partial charge on any atom is 0.321 e. The summed E-state index contributed by atoms with van der Waals surface area (Å²) < 4.78 is 34.1. The number of hydrogen-bond acceptors (Lipinski definition) is 8. The van der Waals surface area contributed by atoms with Gasteiger partial charge in [-0.15, -0.1) is 11.3 Å². The minimum Gasteiger partial charge on any atom is -0.497 e. The van der Waals surface area contributed by atoms with Gasteiger partial charge in [-0.2, -0.15) is 4.31 Å². The topological polar surface area (TPSA) is 132 Å². The normalized spacial score (nSPS) is 15.8. The van der Waals surface area contributed by atoms with Gasteiger partial charge in [-0.05, 0) is 61.9 Å². The van der Waals surface area contributed by atoms with Crippen LogP contribution in [0.3, 0.4) is 0 Å². The molecule has 0 spiro atoms. The number of nitrogens with zero attached hydrogens (tertiary/aromatic N) is 4. The number of aliphatic hydroxyl groups is 1. The molecule has 0 aliphatic carbocycles. The molecule has 4 rings (SSSR count). The third kappa shape index (κ3) is 9.13. The number of sulfonamides is 1. The van der Waals surface area contributed by atoms with Crippen molar-refractivity contribution in [3.05, 3.63) is 75.7 Å². The Balaban J connectivity index is 1.57. The second-order valence-electron chi connectivity index (χ2n) is 13.1. The van der Waals surface area contributed by atoms with Crippen molar-refractivity contribution in [2.45, 2.75) is 77.6 Å². The Morgan fingerprint density at radius 2 is 1.71 bits per heavy atom. The number of aryl methyl sites for hydroxylation is 2. The number of nitrogens with one attached hydrogen (secondary N) is 1. The molecule has 2 heterocycles. The summed E-state index contributed by atoms with van der Waals surface area (Å²) in [6.07, 6.45) is -0.991. The zero-order valence-corrected chi connectivity index (χ0v) is 30.6. The van der Waals surface area contributed by atoms with E-state index in [2.05, 4.69) is 10.3 Å². The summed E-state index contributed by atoms with van der Waals surface area (Å²) in [5.74, 6) is -0.115. The van der Waals surface area contributed by atoms with E-state index in [0.29, 0.717) is 25.4 Å². The van der Waals surface area contributed by atoms with Crippen LogP contribution in [0.25, 0.3) is 0 Å². The van der Waals surface area contributed by atoms with Gasteiger partial charge >= 0.3 is 6.03 Å². The molecule has 3 aromatic rings. The highest BCUT2D eigenvalue weighted by atomic mass is 32.2. The first-order valence-corrected chi connectivity index (χ1v) is 18.6. The van der Waals surface area contributed by atoms with Gasteiger partial charge < -0.3 is 25.0 Å². The summed E-state index contributed by atoms with van der Waals surface area (Å²) in [5, 5.41) is 15.7. The van der Waals surface area contributed by atoms with E-state index in [1.807, 2.05) is 71.9 Å². The van der Waals surface area contributed by atoms with Crippen LogP contribution in [0, 0.1) is 25.7 Å². The molecule has 0 radical (unpaired) electrons. The fourth-order valence-electron chi connectivity index (χ4n) is 6.04. The van der Waals surface area contributed by atoms with Gasteiger partial charge in [0.15, 0.2) is 0 Å². The van der Waals surface area contributed by atoms with Crippen LogP contribution in [-0.4, -0.2) is 96.0 Å². The molecular weight excluding hydrogens is 651 g/mol. The Labute approximate surface area is 289 Å². The summed E-state index contributed by atoms with van der Waals surface area (Å²) in [6.45, 7) is 12.7. The monoisotopic (exact) mass is 699 g/mol. The predicted octanol–water partition coefficient (Wildman–Crippen LogP) is 4.47. The molecule has 13 heteroatoms. The molecule has 3 atom stereocenters. The number of rotatable bonds is 16. The Morgan fingerprint density at radius 1 is 1.04 bits per heavy atom. The Kier molecular flexibility index (Phi) is 12.6. The fourth-order valence-corrected chi connectivity index (χ4v) is 8.49. The predicted molar refractivity (Wildman–Crippen MR) is 187 cm³/mol. The van der Waals surface area contributed by atoms with Crippen LogP contribution in [0.1, 0.15) is 48.8 Å². The molecule has 262 valence electrons. The summed E-state index contributed by atoms with van der Waals surface area (Å²) in [6, 6.07) is 13.7. The summed E-state index contributed by atoms with van der Waals surface area (Å²) in [5.41, 5.74) is 1.73. The van der Waals surface area contributed by atoms with Crippen molar-refractivity contribution in [2.24, 2.45) is 11.8 Å². The van der Waals surface area contributed by atoms with Crippen LogP contribution in [0.2, 0.25) is 0 Å². The lowest BCUT2D eigenvalue weighted by Crippen LogP contribution is -2.57. The third-order valence-electron chi connectivity index (χ3n) is 8.45. The van der Waals surface area contributed by atoms with E-state index in [4.69, 9.17) is 4.74 Å². The molecule has 1 saturated heterocycles. The lowest BCUT2D eigenvalue weighted by molar-refractivity contribution is -0.128. The van der Waals surface area contributed by atoms with Crippen molar-refractivity contribution >= 4 is 33.3 Å². The molecule has 0 bridgehead atoms. The van der Waals surface area contributed by atoms with Gasteiger partial charge in [-0.1, -0.05) is 58.0 Å². The van der Waals surface area contributed by atoms with Crippen molar-refractivity contribution in [1.82, 2.24) is 24.4 Å². The number of ether oxygens (including phenoxy) is 1. The largest absolute Gasteiger partial charge is 0.497 e.